The lowest BCUT2D eigenvalue weighted by molar-refractivity contribution is -0.647. The van der Waals surface area contributed by atoms with Crippen LogP contribution in [0.3, 0.4) is 0 Å². The van der Waals surface area contributed by atoms with Gasteiger partial charge in [0.25, 0.3) is 0 Å². The molecule has 0 saturated carbocycles. The first-order valence-electron chi connectivity index (χ1n) is 8.95. The molecule has 0 aromatic heterocycles. The van der Waals surface area contributed by atoms with Crippen LogP contribution in [0.15, 0.2) is 0 Å². The summed E-state index contributed by atoms with van der Waals surface area (Å²) in [4.78, 5) is 21.0. The Morgan fingerprint density at radius 1 is 0.696 bits per heavy atom. The Hall–Kier alpha value is -1.24. The zero-order valence-electron chi connectivity index (χ0n) is 14.6. The highest BCUT2D eigenvalue weighted by molar-refractivity contribution is 4.53. The normalized spacial score (nSPS) is 13.7. The van der Waals surface area contributed by atoms with Crippen molar-refractivity contribution in [1.82, 2.24) is 0 Å². The minimum absolute atomic E-state index is 0.247. The molecule has 7 heteroatoms. The smallest absolute Gasteiger partial charge is 0.262 e. The Morgan fingerprint density at radius 2 is 1.04 bits per heavy atom. The number of unbranched alkanes of at least 4 members (excludes halogenated alkanes) is 8. The Kier molecular flexibility index (Phi) is 13.6. The van der Waals surface area contributed by atoms with Crippen LogP contribution in [0, 0.1) is 20.2 Å². The maximum absolute atomic E-state index is 11.1. The molecule has 0 amide bonds. The monoisotopic (exact) mass is 332 g/mol. The molecule has 0 aromatic rings. The fourth-order valence-electron chi connectivity index (χ4n) is 2.47. The minimum Gasteiger partial charge on any atom is -0.262 e. The van der Waals surface area contributed by atoms with Crippen molar-refractivity contribution in [3.8, 4) is 0 Å². The molecule has 23 heavy (non-hydrogen) atoms. The van der Waals surface area contributed by atoms with Gasteiger partial charge >= 0.3 is 12.5 Å². The highest BCUT2D eigenvalue weighted by atomic mass is 16.7. The second kappa shape index (κ2) is 14.4. The number of nitro groups is 2. The van der Waals surface area contributed by atoms with Crippen LogP contribution in [0.5, 0.6) is 0 Å². The molecule has 0 N–H and O–H groups in total. The molecule has 0 aliphatic rings. The Labute approximate surface area is 139 Å². The number of hydrogen-bond donors (Lipinski definition) is 0. The van der Waals surface area contributed by atoms with Gasteiger partial charge in [-0.05, 0) is 12.8 Å². The third-order valence-corrected chi connectivity index (χ3v) is 3.89. The predicted octanol–water partition coefficient (Wildman–Crippen LogP) is 4.93. The molecule has 0 aromatic carbocycles. The molecule has 0 fully saturated rings. The molecule has 0 spiro atoms. The Balaban J connectivity index is 4.19. The van der Waals surface area contributed by atoms with E-state index in [9.17, 15) is 20.2 Å². The third kappa shape index (κ3) is 11.9. The predicted molar refractivity (Wildman–Crippen MR) is 89.4 cm³/mol. The van der Waals surface area contributed by atoms with Gasteiger partial charge in [-0.1, -0.05) is 65.2 Å². The summed E-state index contributed by atoms with van der Waals surface area (Å²) in [5, 5.41) is 22.1. The average molecular weight is 332 g/mol. The van der Waals surface area contributed by atoms with Gasteiger partial charge < -0.3 is 0 Å². The molecule has 0 saturated heterocycles. The van der Waals surface area contributed by atoms with E-state index in [1.54, 1.807) is 0 Å². The average Bonchev–Trinajstić information content (AvgIpc) is 2.51. The van der Waals surface area contributed by atoms with Gasteiger partial charge in [0.05, 0.1) is 9.85 Å². The van der Waals surface area contributed by atoms with Gasteiger partial charge in [-0.25, -0.2) is 4.74 Å². The van der Waals surface area contributed by atoms with Gasteiger partial charge in [0.1, 0.15) is 0 Å². The van der Waals surface area contributed by atoms with Gasteiger partial charge in [-0.2, -0.15) is 0 Å². The van der Waals surface area contributed by atoms with E-state index in [0.29, 0.717) is 12.8 Å². The Bertz CT molecular complexity index is 296. The van der Waals surface area contributed by atoms with Crippen molar-refractivity contribution in [3.63, 3.8) is 0 Å². The first-order valence-corrected chi connectivity index (χ1v) is 8.95. The van der Waals surface area contributed by atoms with Crippen LogP contribution in [0.2, 0.25) is 0 Å². The summed E-state index contributed by atoms with van der Waals surface area (Å²) in [7, 11) is 0. The summed E-state index contributed by atoms with van der Waals surface area (Å²) in [6.07, 6.45) is 7.64. The molecule has 0 aliphatic carbocycles. The Morgan fingerprint density at radius 3 is 1.35 bits per heavy atom. The molecule has 0 rings (SSSR count). The van der Waals surface area contributed by atoms with E-state index in [2.05, 4.69) is 13.8 Å². The number of ether oxygens (including phenoxy) is 1. The van der Waals surface area contributed by atoms with E-state index in [1.165, 1.54) is 0 Å². The largest absolute Gasteiger partial charge is 0.320 e. The molecule has 136 valence electrons. The maximum Gasteiger partial charge on any atom is 0.320 e. The van der Waals surface area contributed by atoms with Crippen molar-refractivity contribution in [3.05, 3.63) is 20.2 Å². The summed E-state index contributed by atoms with van der Waals surface area (Å²) >= 11 is 0. The first kappa shape index (κ1) is 21.8. The summed E-state index contributed by atoms with van der Waals surface area (Å²) in [6, 6.07) is 0. The topological polar surface area (TPSA) is 95.5 Å². The van der Waals surface area contributed by atoms with Gasteiger partial charge in [0.15, 0.2) is 0 Å². The quantitative estimate of drug-likeness (QED) is 0.173. The van der Waals surface area contributed by atoms with Crippen LogP contribution < -0.4 is 0 Å². The third-order valence-electron chi connectivity index (χ3n) is 3.89. The standard InChI is InChI=1S/C16H32N2O5/c1-3-5-7-9-11-13-15(17(19)20)23-16(18(21)22)14-12-10-8-6-4-2/h15-16H,3-14H2,1-2H3. The van der Waals surface area contributed by atoms with Crippen molar-refractivity contribution in [1.29, 1.82) is 0 Å². The van der Waals surface area contributed by atoms with E-state index >= 15 is 0 Å². The fourth-order valence-corrected chi connectivity index (χ4v) is 2.47. The molecule has 0 bridgehead atoms. The minimum atomic E-state index is -1.26. The van der Waals surface area contributed by atoms with Crippen molar-refractivity contribution >= 4 is 0 Å². The van der Waals surface area contributed by atoms with Crippen molar-refractivity contribution in [2.24, 2.45) is 0 Å². The van der Waals surface area contributed by atoms with Crippen LogP contribution in [0.4, 0.5) is 0 Å². The van der Waals surface area contributed by atoms with Gasteiger partial charge in [-0.15, -0.1) is 0 Å². The lowest BCUT2D eigenvalue weighted by Gasteiger charge is -2.14. The van der Waals surface area contributed by atoms with Crippen LogP contribution in [-0.2, 0) is 4.74 Å². The first-order chi connectivity index (χ1) is 11.0. The lowest BCUT2D eigenvalue weighted by atomic mass is 10.1. The molecular weight excluding hydrogens is 300 g/mol. The molecule has 0 radical (unpaired) electrons. The second-order valence-corrected chi connectivity index (χ2v) is 6.02. The van der Waals surface area contributed by atoms with Gasteiger partial charge in [-0.3, -0.25) is 20.2 Å². The molecular formula is C16H32N2O5. The van der Waals surface area contributed by atoms with E-state index in [0.717, 1.165) is 51.4 Å². The summed E-state index contributed by atoms with van der Waals surface area (Å²) in [5.74, 6) is 0. The van der Waals surface area contributed by atoms with E-state index in [1.807, 2.05) is 0 Å². The molecule has 0 aliphatic heterocycles. The maximum atomic E-state index is 11.1. The van der Waals surface area contributed by atoms with Crippen molar-refractivity contribution in [2.45, 2.75) is 103 Å². The number of rotatable bonds is 16. The molecule has 2 atom stereocenters. The van der Waals surface area contributed by atoms with Crippen molar-refractivity contribution in [2.75, 3.05) is 0 Å². The van der Waals surface area contributed by atoms with Gasteiger partial charge in [0, 0.05) is 12.8 Å². The SMILES string of the molecule is CCCCCCCC(OC(CCCCCCC)[N+](=O)[O-])[N+](=O)[O-]. The highest BCUT2D eigenvalue weighted by Crippen LogP contribution is 2.16. The van der Waals surface area contributed by atoms with Crippen LogP contribution >= 0.6 is 0 Å². The summed E-state index contributed by atoms with van der Waals surface area (Å²) < 4.78 is 5.19. The second-order valence-electron chi connectivity index (χ2n) is 6.02. The van der Waals surface area contributed by atoms with E-state index in [-0.39, 0.29) is 12.8 Å². The highest BCUT2D eigenvalue weighted by Gasteiger charge is 2.31. The molecule has 7 nitrogen and oxygen atoms in total. The van der Waals surface area contributed by atoms with Crippen LogP contribution in [0.1, 0.15) is 90.9 Å². The van der Waals surface area contributed by atoms with E-state index in [4.69, 9.17) is 4.74 Å². The zero-order chi connectivity index (χ0) is 17.5. The van der Waals surface area contributed by atoms with Crippen LogP contribution in [0.25, 0.3) is 0 Å². The zero-order valence-corrected chi connectivity index (χ0v) is 14.6. The van der Waals surface area contributed by atoms with E-state index < -0.39 is 22.3 Å². The summed E-state index contributed by atoms with van der Waals surface area (Å²) in [5.41, 5.74) is 0. The van der Waals surface area contributed by atoms with Crippen molar-refractivity contribution < 1.29 is 14.6 Å². The summed E-state index contributed by atoms with van der Waals surface area (Å²) in [6.45, 7) is 4.20. The number of hydrogen-bond acceptors (Lipinski definition) is 5. The van der Waals surface area contributed by atoms with Gasteiger partial charge in [0.2, 0.25) is 0 Å². The lowest BCUT2D eigenvalue weighted by Crippen LogP contribution is -2.33. The van der Waals surface area contributed by atoms with Crippen LogP contribution in [-0.4, -0.2) is 22.3 Å². The number of nitrogens with zero attached hydrogens (tertiary/aromatic N) is 2. The fraction of sp³-hybridized carbons (Fsp3) is 1.00. The molecule has 0 heterocycles. The molecule has 2 unspecified atom stereocenters.